The maximum absolute atomic E-state index is 11.2. The van der Waals surface area contributed by atoms with Crippen LogP contribution in [0.4, 0.5) is 0 Å². The van der Waals surface area contributed by atoms with Crippen LogP contribution in [0.1, 0.15) is 46.5 Å². The lowest BCUT2D eigenvalue weighted by Crippen LogP contribution is -2.51. The molecule has 0 saturated carbocycles. The zero-order chi connectivity index (χ0) is 13.3. The molecule has 1 amide bonds. The molecular weight excluding hydrogens is 232 g/mol. The number of nitrogens with two attached hydrogens (primary N) is 1. The number of carbonyl (C=O) groups excluding carboxylic acids is 1. The molecule has 0 saturated heterocycles. The van der Waals surface area contributed by atoms with Gasteiger partial charge < -0.3 is 11.1 Å². The number of hydrogen-bond donors (Lipinski definition) is 2. The Morgan fingerprint density at radius 2 is 2.00 bits per heavy atom. The predicted molar refractivity (Wildman–Crippen MR) is 77.3 cm³/mol. The van der Waals surface area contributed by atoms with E-state index in [1.54, 1.807) is 7.05 Å². The van der Waals surface area contributed by atoms with Gasteiger partial charge in [-0.2, -0.15) is 11.8 Å². The van der Waals surface area contributed by atoms with Gasteiger partial charge in [0, 0.05) is 0 Å². The van der Waals surface area contributed by atoms with Crippen molar-refractivity contribution in [3.05, 3.63) is 0 Å². The summed E-state index contributed by atoms with van der Waals surface area (Å²) in [6.45, 7) is 6.39. The van der Waals surface area contributed by atoms with Gasteiger partial charge in [-0.25, -0.2) is 0 Å². The van der Waals surface area contributed by atoms with Crippen molar-refractivity contribution in [1.82, 2.24) is 5.32 Å². The number of nitrogens with one attached hydrogen (secondary N) is 1. The molecule has 0 rings (SSSR count). The van der Waals surface area contributed by atoms with E-state index < -0.39 is 5.54 Å². The summed E-state index contributed by atoms with van der Waals surface area (Å²) in [5.41, 5.74) is 4.83. The number of amides is 1. The van der Waals surface area contributed by atoms with Crippen LogP contribution in [0.3, 0.4) is 0 Å². The average Bonchev–Trinajstić information content (AvgIpc) is 2.26. The third-order valence-electron chi connectivity index (χ3n) is 3.15. The van der Waals surface area contributed by atoms with Gasteiger partial charge in [0.2, 0.25) is 5.91 Å². The van der Waals surface area contributed by atoms with Gasteiger partial charge in [-0.1, -0.05) is 20.3 Å². The number of likely N-dealkylation sites (N-methyl/N-ethyl adjacent to an activating group) is 1. The first-order valence-electron chi connectivity index (χ1n) is 6.49. The summed E-state index contributed by atoms with van der Waals surface area (Å²) < 4.78 is 0. The van der Waals surface area contributed by atoms with Crippen molar-refractivity contribution in [3.8, 4) is 0 Å². The molecule has 17 heavy (non-hydrogen) atoms. The molecule has 1 atom stereocenters. The number of rotatable bonds is 10. The van der Waals surface area contributed by atoms with E-state index >= 15 is 0 Å². The lowest BCUT2D eigenvalue weighted by Gasteiger charge is -2.25. The second kappa shape index (κ2) is 8.81. The maximum Gasteiger partial charge on any atom is 0.237 e. The Kier molecular flexibility index (Phi) is 8.70. The molecule has 102 valence electrons. The highest BCUT2D eigenvalue weighted by molar-refractivity contribution is 7.99. The molecule has 4 heteroatoms. The Morgan fingerprint density at radius 1 is 1.35 bits per heavy atom. The summed E-state index contributed by atoms with van der Waals surface area (Å²) in [6, 6.07) is 0. The Morgan fingerprint density at radius 3 is 2.47 bits per heavy atom. The van der Waals surface area contributed by atoms with E-state index in [9.17, 15) is 4.79 Å². The van der Waals surface area contributed by atoms with E-state index in [4.69, 9.17) is 5.73 Å². The zero-order valence-electron chi connectivity index (χ0n) is 11.7. The molecule has 0 aliphatic rings. The van der Waals surface area contributed by atoms with E-state index in [-0.39, 0.29) is 5.91 Å². The van der Waals surface area contributed by atoms with Gasteiger partial charge in [0.25, 0.3) is 0 Å². The van der Waals surface area contributed by atoms with Crippen LogP contribution in [-0.4, -0.2) is 30.0 Å². The van der Waals surface area contributed by atoms with Crippen LogP contribution < -0.4 is 11.1 Å². The standard InChI is InChI=1S/C13H28N2OS/c1-11(2)7-10-17-9-6-5-8-13(3,15-4)12(14)16/h11,15H,5-10H2,1-4H3,(H2,14,16). The normalized spacial score (nSPS) is 14.9. The lowest BCUT2D eigenvalue weighted by molar-refractivity contribution is -0.123. The van der Waals surface area contributed by atoms with Gasteiger partial charge in [0.1, 0.15) is 0 Å². The molecular formula is C13H28N2OS. The maximum atomic E-state index is 11.2. The molecule has 0 bridgehead atoms. The molecule has 0 aromatic rings. The fourth-order valence-corrected chi connectivity index (χ4v) is 2.73. The van der Waals surface area contributed by atoms with Crippen LogP contribution >= 0.6 is 11.8 Å². The smallest absolute Gasteiger partial charge is 0.237 e. The molecule has 0 fully saturated rings. The third-order valence-corrected chi connectivity index (χ3v) is 4.25. The van der Waals surface area contributed by atoms with E-state index in [0.717, 1.165) is 25.2 Å². The Bertz CT molecular complexity index is 221. The number of unbranched alkanes of at least 4 members (excludes halogenated alkanes) is 1. The molecule has 3 nitrogen and oxygen atoms in total. The largest absolute Gasteiger partial charge is 0.368 e. The number of thioether (sulfide) groups is 1. The molecule has 0 radical (unpaired) electrons. The van der Waals surface area contributed by atoms with Crippen LogP contribution in [0.2, 0.25) is 0 Å². The van der Waals surface area contributed by atoms with E-state index in [1.807, 2.05) is 18.7 Å². The second-order valence-corrected chi connectivity index (χ2v) is 6.42. The molecule has 0 spiro atoms. The lowest BCUT2D eigenvalue weighted by atomic mass is 9.94. The quantitative estimate of drug-likeness (QED) is 0.593. The second-order valence-electron chi connectivity index (χ2n) is 5.20. The van der Waals surface area contributed by atoms with Crippen molar-refractivity contribution in [3.63, 3.8) is 0 Å². The SMILES string of the molecule is CNC(C)(CCCCSCCC(C)C)C(N)=O. The first-order valence-corrected chi connectivity index (χ1v) is 7.64. The molecule has 0 aromatic carbocycles. The van der Waals surface area contributed by atoms with Crippen molar-refractivity contribution in [2.75, 3.05) is 18.6 Å². The molecule has 0 aliphatic heterocycles. The first-order chi connectivity index (χ1) is 7.92. The highest BCUT2D eigenvalue weighted by atomic mass is 32.2. The fraction of sp³-hybridized carbons (Fsp3) is 0.923. The fourth-order valence-electron chi connectivity index (χ4n) is 1.48. The van der Waals surface area contributed by atoms with Crippen molar-refractivity contribution in [2.24, 2.45) is 11.7 Å². The van der Waals surface area contributed by atoms with Gasteiger partial charge in [0.05, 0.1) is 5.54 Å². The Labute approximate surface area is 110 Å². The highest BCUT2D eigenvalue weighted by Crippen LogP contribution is 2.16. The Hall–Kier alpha value is -0.220. The first kappa shape index (κ1) is 16.8. The summed E-state index contributed by atoms with van der Waals surface area (Å²) in [5.74, 6) is 2.97. The van der Waals surface area contributed by atoms with Gasteiger partial charge in [0.15, 0.2) is 0 Å². The number of carbonyl (C=O) groups is 1. The minimum atomic E-state index is -0.539. The summed E-state index contributed by atoms with van der Waals surface area (Å²) in [5, 5.41) is 3.01. The number of hydrogen-bond acceptors (Lipinski definition) is 3. The van der Waals surface area contributed by atoms with Crippen LogP contribution in [-0.2, 0) is 4.79 Å². The van der Waals surface area contributed by atoms with Gasteiger partial charge >= 0.3 is 0 Å². The zero-order valence-corrected chi connectivity index (χ0v) is 12.5. The molecule has 1 unspecified atom stereocenters. The molecule has 0 aliphatic carbocycles. The van der Waals surface area contributed by atoms with Crippen molar-refractivity contribution in [1.29, 1.82) is 0 Å². The van der Waals surface area contributed by atoms with Crippen LogP contribution in [0.5, 0.6) is 0 Å². The molecule has 0 heterocycles. The third kappa shape index (κ3) is 7.66. The predicted octanol–water partition coefficient (Wildman–Crippen LogP) is 2.40. The van der Waals surface area contributed by atoms with E-state index in [2.05, 4.69) is 19.2 Å². The minimum Gasteiger partial charge on any atom is -0.368 e. The number of primary amides is 1. The summed E-state index contributed by atoms with van der Waals surface area (Å²) in [6.07, 6.45) is 4.33. The summed E-state index contributed by atoms with van der Waals surface area (Å²) in [7, 11) is 1.79. The summed E-state index contributed by atoms with van der Waals surface area (Å²) >= 11 is 2.01. The molecule has 3 N–H and O–H groups in total. The molecule has 0 aromatic heterocycles. The Balaban J connectivity index is 3.53. The minimum absolute atomic E-state index is 0.257. The van der Waals surface area contributed by atoms with E-state index in [1.165, 1.54) is 17.9 Å². The van der Waals surface area contributed by atoms with Gasteiger partial charge in [-0.05, 0) is 50.7 Å². The summed E-state index contributed by atoms with van der Waals surface area (Å²) in [4.78, 5) is 11.2. The van der Waals surface area contributed by atoms with Crippen LogP contribution in [0, 0.1) is 5.92 Å². The van der Waals surface area contributed by atoms with E-state index in [0.29, 0.717) is 0 Å². The monoisotopic (exact) mass is 260 g/mol. The van der Waals surface area contributed by atoms with Gasteiger partial charge in [-0.15, -0.1) is 0 Å². The van der Waals surface area contributed by atoms with Crippen molar-refractivity contribution < 1.29 is 4.79 Å². The van der Waals surface area contributed by atoms with Gasteiger partial charge in [-0.3, -0.25) is 4.79 Å². The van der Waals surface area contributed by atoms with Crippen LogP contribution in [0.25, 0.3) is 0 Å². The van der Waals surface area contributed by atoms with Crippen molar-refractivity contribution >= 4 is 17.7 Å². The van der Waals surface area contributed by atoms with Crippen LogP contribution in [0.15, 0.2) is 0 Å². The topological polar surface area (TPSA) is 55.1 Å². The highest BCUT2D eigenvalue weighted by Gasteiger charge is 2.27. The van der Waals surface area contributed by atoms with Crippen molar-refractivity contribution in [2.45, 2.75) is 52.0 Å². The average molecular weight is 260 g/mol.